The maximum Gasteiger partial charge on any atom is 0.304 e. The van der Waals surface area contributed by atoms with E-state index in [9.17, 15) is 9.18 Å². The Morgan fingerprint density at radius 2 is 1.76 bits per heavy atom. The number of hydrogen-bond donors (Lipinski definition) is 2. The van der Waals surface area contributed by atoms with Crippen LogP contribution in [0.2, 0.25) is 0 Å². The normalized spacial score (nSPS) is 12.0. The van der Waals surface area contributed by atoms with E-state index in [0.29, 0.717) is 18.5 Å². The highest BCUT2D eigenvalue weighted by atomic mass is 19.1. The van der Waals surface area contributed by atoms with Gasteiger partial charge in [0.25, 0.3) is 0 Å². The molecule has 0 fully saturated rings. The van der Waals surface area contributed by atoms with E-state index >= 15 is 0 Å². The lowest BCUT2D eigenvalue weighted by molar-refractivity contribution is -0.137. The molecular weight excluding hydrogens is 269 g/mol. The van der Waals surface area contributed by atoms with E-state index in [1.807, 2.05) is 30.3 Å². The lowest BCUT2D eigenvalue weighted by Gasteiger charge is -2.17. The number of carbonyl (C=O) groups is 1. The predicted octanol–water partition coefficient (Wildman–Crippen LogP) is 3.00. The summed E-state index contributed by atoms with van der Waals surface area (Å²) in [5.74, 6) is -1.19. The van der Waals surface area contributed by atoms with Crippen molar-refractivity contribution in [2.75, 3.05) is 0 Å². The molecule has 0 aliphatic heterocycles. The van der Waals surface area contributed by atoms with Crippen molar-refractivity contribution >= 4 is 5.97 Å². The molecule has 0 saturated carbocycles. The molecule has 0 aliphatic rings. The average Bonchev–Trinajstić information content (AvgIpc) is 2.48. The zero-order valence-electron chi connectivity index (χ0n) is 11.6. The molecule has 0 heterocycles. The molecule has 0 aliphatic carbocycles. The minimum absolute atomic E-state index is 0.0405. The average molecular weight is 287 g/mol. The monoisotopic (exact) mass is 287 g/mol. The lowest BCUT2D eigenvalue weighted by Crippen LogP contribution is -2.33. The Labute approximate surface area is 123 Å². The van der Waals surface area contributed by atoms with Gasteiger partial charge in [-0.15, -0.1) is 0 Å². The van der Waals surface area contributed by atoms with Gasteiger partial charge >= 0.3 is 5.97 Å². The molecular formula is C17H18FNO2. The molecule has 21 heavy (non-hydrogen) atoms. The SMILES string of the molecule is O=C(O)CC(Cc1ccccc1F)NCc1ccccc1. The van der Waals surface area contributed by atoms with E-state index in [-0.39, 0.29) is 18.3 Å². The molecule has 0 aromatic heterocycles. The quantitative estimate of drug-likeness (QED) is 0.823. The molecule has 2 N–H and O–H groups in total. The van der Waals surface area contributed by atoms with Crippen LogP contribution in [-0.2, 0) is 17.8 Å². The van der Waals surface area contributed by atoms with Crippen LogP contribution in [0.3, 0.4) is 0 Å². The van der Waals surface area contributed by atoms with Crippen LogP contribution in [0.1, 0.15) is 17.5 Å². The van der Waals surface area contributed by atoms with Crippen LogP contribution < -0.4 is 5.32 Å². The van der Waals surface area contributed by atoms with E-state index in [1.54, 1.807) is 18.2 Å². The van der Waals surface area contributed by atoms with Crippen molar-refractivity contribution in [2.45, 2.75) is 25.4 Å². The summed E-state index contributed by atoms with van der Waals surface area (Å²) in [5, 5.41) is 12.2. The molecule has 2 aromatic rings. The van der Waals surface area contributed by atoms with Gasteiger partial charge in [0.1, 0.15) is 5.82 Å². The van der Waals surface area contributed by atoms with Crippen LogP contribution >= 0.6 is 0 Å². The smallest absolute Gasteiger partial charge is 0.304 e. The van der Waals surface area contributed by atoms with Gasteiger partial charge in [0, 0.05) is 12.6 Å². The maximum absolute atomic E-state index is 13.7. The van der Waals surface area contributed by atoms with Crippen LogP contribution in [0.25, 0.3) is 0 Å². The minimum Gasteiger partial charge on any atom is -0.481 e. The van der Waals surface area contributed by atoms with Gasteiger partial charge in [-0.05, 0) is 23.6 Å². The highest BCUT2D eigenvalue weighted by Gasteiger charge is 2.15. The number of aliphatic carboxylic acids is 1. The third kappa shape index (κ3) is 5.00. The highest BCUT2D eigenvalue weighted by Crippen LogP contribution is 2.11. The lowest BCUT2D eigenvalue weighted by atomic mass is 10.0. The Hall–Kier alpha value is -2.20. The van der Waals surface area contributed by atoms with Crippen molar-refractivity contribution in [1.29, 1.82) is 0 Å². The van der Waals surface area contributed by atoms with Crippen LogP contribution in [0.15, 0.2) is 54.6 Å². The first kappa shape index (κ1) is 15.2. The summed E-state index contributed by atoms with van der Waals surface area (Å²) in [5.41, 5.74) is 1.60. The molecule has 0 bridgehead atoms. The van der Waals surface area contributed by atoms with E-state index in [4.69, 9.17) is 5.11 Å². The van der Waals surface area contributed by atoms with Crippen molar-refractivity contribution in [3.8, 4) is 0 Å². The molecule has 1 unspecified atom stereocenters. The number of benzene rings is 2. The van der Waals surface area contributed by atoms with E-state index in [1.165, 1.54) is 6.07 Å². The molecule has 4 heteroatoms. The molecule has 1 atom stereocenters. The standard InChI is InChI=1S/C17H18FNO2/c18-16-9-5-4-8-14(16)10-15(11-17(20)21)19-12-13-6-2-1-3-7-13/h1-9,15,19H,10-12H2,(H,20,21). The van der Waals surface area contributed by atoms with Gasteiger partial charge in [-0.1, -0.05) is 48.5 Å². The molecule has 0 amide bonds. The van der Waals surface area contributed by atoms with Crippen LogP contribution in [0, 0.1) is 5.82 Å². The summed E-state index contributed by atoms with van der Waals surface area (Å²) in [6, 6.07) is 15.9. The highest BCUT2D eigenvalue weighted by molar-refractivity contribution is 5.67. The van der Waals surface area contributed by atoms with Crippen LogP contribution in [0.5, 0.6) is 0 Å². The molecule has 110 valence electrons. The zero-order chi connectivity index (χ0) is 15.1. The Bertz CT molecular complexity index is 586. The third-order valence-electron chi connectivity index (χ3n) is 3.28. The second-order valence-corrected chi connectivity index (χ2v) is 4.96. The number of rotatable bonds is 7. The first-order valence-corrected chi connectivity index (χ1v) is 6.87. The number of halogens is 1. The van der Waals surface area contributed by atoms with E-state index < -0.39 is 5.97 Å². The first-order valence-electron chi connectivity index (χ1n) is 6.87. The summed E-state index contributed by atoms with van der Waals surface area (Å²) in [6.45, 7) is 0.563. The second-order valence-electron chi connectivity index (χ2n) is 4.96. The summed E-state index contributed by atoms with van der Waals surface area (Å²) in [6.07, 6.45) is 0.312. The predicted molar refractivity (Wildman–Crippen MR) is 79.4 cm³/mol. The fraction of sp³-hybridized carbons (Fsp3) is 0.235. The summed E-state index contributed by atoms with van der Waals surface area (Å²) < 4.78 is 13.7. The van der Waals surface area contributed by atoms with Gasteiger partial charge in [0.15, 0.2) is 0 Å². The summed E-state index contributed by atoms with van der Waals surface area (Å²) >= 11 is 0. The second kappa shape index (κ2) is 7.55. The molecule has 2 rings (SSSR count). The first-order chi connectivity index (χ1) is 10.1. The fourth-order valence-electron chi connectivity index (χ4n) is 2.21. The maximum atomic E-state index is 13.7. The summed E-state index contributed by atoms with van der Waals surface area (Å²) in [4.78, 5) is 11.0. The largest absolute Gasteiger partial charge is 0.481 e. The van der Waals surface area contributed by atoms with Gasteiger partial charge in [0.05, 0.1) is 6.42 Å². The van der Waals surface area contributed by atoms with Crippen molar-refractivity contribution in [3.05, 3.63) is 71.5 Å². The van der Waals surface area contributed by atoms with Crippen molar-refractivity contribution in [3.63, 3.8) is 0 Å². The van der Waals surface area contributed by atoms with Gasteiger partial charge in [0.2, 0.25) is 0 Å². The topological polar surface area (TPSA) is 49.3 Å². The zero-order valence-corrected chi connectivity index (χ0v) is 11.6. The number of hydrogen-bond acceptors (Lipinski definition) is 2. The van der Waals surface area contributed by atoms with Crippen LogP contribution in [-0.4, -0.2) is 17.1 Å². The fourth-order valence-corrected chi connectivity index (χ4v) is 2.21. The minimum atomic E-state index is -0.892. The third-order valence-corrected chi connectivity index (χ3v) is 3.28. The van der Waals surface area contributed by atoms with Crippen molar-refractivity contribution in [1.82, 2.24) is 5.32 Å². The Morgan fingerprint density at radius 3 is 2.43 bits per heavy atom. The van der Waals surface area contributed by atoms with Gasteiger partial charge in [-0.3, -0.25) is 4.79 Å². The van der Waals surface area contributed by atoms with Gasteiger partial charge in [-0.2, -0.15) is 0 Å². The molecule has 3 nitrogen and oxygen atoms in total. The molecule has 0 radical (unpaired) electrons. The van der Waals surface area contributed by atoms with Crippen LogP contribution in [0.4, 0.5) is 4.39 Å². The number of nitrogens with one attached hydrogen (secondary N) is 1. The molecule has 0 saturated heterocycles. The number of carboxylic acids is 1. The van der Waals surface area contributed by atoms with E-state index in [2.05, 4.69) is 5.32 Å². The molecule has 0 spiro atoms. The Kier molecular flexibility index (Phi) is 5.46. The summed E-state index contributed by atoms with van der Waals surface area (Å²) in [7, 11) is 0. The van der Waals surface area contributed by atoms with Gasteiger partial charge in [-0.25, -0.2) is 4.39 Å². The van der Waals surface area contributed by atoms with E-state index in [0.717, 1.165) is 5.56 Å². The van der Waals surface area contributed by atoms with Gasteiger partial charge < -0.3 is 10.4 Å². The Morgan fingerprint density at radius 1 is 1.10 bits per heavy atom. The number of carboxylic acid groups (broad SMARTS) is 1. The van der Waals surface area contributed by atoms with Crippen molar-refractivity contribution in [2.24, 2.45) is 0 Å². The van der Waals surface area contributed by atoms with Crippen molar-refractivity contribution < 1.29 is 14.3 Å². The molecule has 2 aromatic carbocycles. The Balaban J connectivity index is 2.01.